The molecule has 0 radical (unpaired) electrons. The van der Waals surface area contributed by atoms with Crippen molar-refractivity contribution in [3.8, 4) is 12.3 Å². The van der Waals surface area contributed by atoms with Crippen molar-refractivity contribution in [2.24, 2.45) is 0 Å². The monoisotopic (exact) mass is 215 g/mol. The maximum Gasteiger partial charge on any atom is 0.227 e. The Balaban J connectivity index is 2.59. The predicted molar refractivity (Wildman–Crippen MR) is 65.9 cm³/mol. The van der Waals surface area contributed by atoms with Crippen LogP contribution in [0.15, 0.2) is 30.3 Å². The van der Waals surface area contributed by atoms with Gasteiger partial charge < -0.3 is 4.90 Å². The number of hydrogen-bond acceptors (Lipinski definition) is 1. The van der Waals surface area contributed by atoms with E-state index in [1.807, 2.05) is 37.3 Å². The van der Waals surface area contributed by atoms with Gasteiger partial charge in [-0.3, -0.25) is 4.79 Å². The second-order valence-corrected chi connectivity index (χ2v) is 3.68. The molecule has 0 fully saturated rings. The van der Waals surface area contributed by atoms with Crippen LogP contribution in [0.5, 0.6) is 0 Å². The van der Waals surface area contributed by atoms with Crippen LogP contribution in [0, 0.1) is 12.3 Å². The third-order valence-corrected chi connectivity index (χ3v) is 2.33. The Bertz CT molecular complexity index is 364. The van der Waals surface area contributed by atoms with Crippen LogP contribution in [-0.4, -0.2) is 23.9 Å². The van der Waals surface area contributed by atoms with E-state index in [2.05, 4.69) is 5.92 Å². The molecular weight excluding hydrogens is 198 g/mol. The highest BCUT2D eigenvalue weighted by molar-refractivity contribution is 5.79. The van der Waals surface area contributed by atoms with Crippen molar-refractivity contribution in [3.63, 3.8) is 0 Å². The van der Waals surface area contributed by atoms with Crippen LogP contribution in [0.25, 0.3) is 0 Å². The van der Waals surface area contributed by atoms with E-state index in [0.717, 1.165) is 18.5 Å². The van der Waals surface area contributed by atoms with Gasteiger partial charge in [-0.15, -0.1) is 6.42 Å². The van der Waals surface area contributed by atoms with Crippen molar-refractivity contribution in [1.82, 2.24) is 4.90 Å². The Labute approximate surface area is 97.3 Å². The summed E-state index contributed by atoms with van der Waals surface area (Å²) in [5.74, 6) is 2.63. The number of carbonyl (C=O) groups excluding carboxylic acids is 1. The highest BCUT2D eigenvalue weighted by atomic mass is 16.2. The molecule has 0 heterocycles. The number of benzene rings is 1. The first kappa shape index (κ1) is 12.3. The lowest BCUT2D eigenvalue weighted by molar-refractivity contribution is -0.129. The average molecular weight is 215 g/mol. The molecule has 2 nitrogen and oxygen atoms in total. The van der Waals surface area contributed by atoms with Crippen LogP contribution < -0.4 is 0 Å². The van der Waals surface area contributed by atoms with Crippen LogP contribution in [-0.2, 0) is 11.2 Å². The largest absolute Gasteiger partial charge is 0.331 e. The third kappa shape index (κ3) is 3.78. The zero-order chi connectivity index (χ0) is 11.8. The van der Waals surface area contributed by atoms with E-state index in [9.17, 15) is 4.79 Å². The molecule has 1 aromatic carbocycles. The molecule has 1 rings (SSSR count). The van der Waals surface area contributed by atoms with Gasteiger partial charge in [-0.05, 0) is 12.0 Å². The minimum atomic E-state index is 0.103. The molecule has 0 aliphatic rings. The third-order valence-electron chi connectivity index (χ3n) is 2.33. The van der Waals surface area contributed by atoms with Gasteiger partial charge in [0.25, 0.3) is 0 Å². The van der Waals surface area contributed by atoms with Crippen LogP contribution in [0.4, 0.5) is 0 Å². The molecular formula is C14H17NO. The smallest absolute Gasteiger partial charge is 0.227 e. The molecule has 0 bridgehead atoms. The van der Waals surface area contributed by atoms with Gasteiger partial charge in [0.05, 0.1) is 13.0 Å². The molecule has 0 N–H and O–H groups in total. The predicted octanol–water partition coefficient (Wildman–Crippen LogP) is 2.10. The second kappa shape index (κ2) is 6.68. The summed E-state index contributed by atoms with van der Waals surface area (Å²) in [6.07, 6.45) is 6.61. The zero-order valence-corrected chi connectivity index (χ0v) is 9.65. The first-order chi connectivity index (χ1) is 7.77. The minimum absolute atomic E-state index is 0.103. The van der Waals surface area contributed by atoms with Gasteiger partial charge >= 0.3 is 0 Å². The molecule has 2 heteroatoms. The molecule has 0 saturated heterocycles. The fourth-order valence-electron chi connectivity index (χ4n) is 1.55. The summed E-state index contributed by atoms with van der Waals surface area (Å²) in [5, 5.41) is 0. The first-order valence-corrected chi connectivity index (χ1v) is 5.53. The quantitative estimate of drug-likeness (QED) is 0.689. The van der Waals surface area contributed by atoms with Crippen molar-refractivity contribution >= 4 is 5.91 Å². The average Bonchev–Trinajstić information content (AvgIpc) is 2.30. The SMILES string of the molecule is C#CCN(CCC)C(=O)Cc1ccccc1. The van der Waals surface area contributed by atoms with Gasteiger partial charge in [0.15, 0.2) is 0 Å². The normalized spacial score (nSPS) is 9.50. The lowest BCUT2D eigenvalue weighted by Crippen LogP contribution is -2.33. The molecule has 1 aromatic rings. The van der Waals surface area contributed by atoms with Gasteiger partial charge in [-0.1, -0.05) is 43.2 Å². The van der Waals surface area contributed by atoms with Gasteiger partial charge in [0.1, 0.15) is 0 Å². The molecule has 1 amide bonds. The fourth-order valence-corrected chi connectivity index (χ4v) is 1.55. The van der Waals surface area contributed by atoms with E-state index in [0.29, 0.717) is 13.0 Å². The molecule has 84 valence electrons. The number of rotatable bonds is 5. The summed E-state index contributed by atoms with van der Waals surface area (Å²) in [6, 6.07) is 9.73. The molecule has 0 aliphatic carbocycles. The topological polar surface area (TPSA) is 20.3 Å². The molecule has 0 spiro atoms. The summed E-state index contributed by atoms with van der Waals surface area (Å²) in [5.41, 5.74) is 1.03. The summed E-state index contributed by atoms with van der Waals surface area (Å²) in [4.78, 5) is 13.7. The molecule has 0 aliphatic heterocycles. The van der Waals surface area contributed by atoms with Crippen LogP contribution in [0.3, 0.4) is 0 Å². The first-order valence-electron chi connectivity index (χ1n) is 5.53. The summed E-state index contributed by atoms with van der Waals surface area (Å²) < 4.78 is 0. The van der Waals surface area contributed by atoms with Crippen LogP contribution >= 0.6 is 0 Å². The van der Waals surface area contributed by atoms with Crippen molar-refractivity contribution in [2.75, 3.05) is 13.1 Å². The van der Waals surface area contributed by atoms with Crippen molar-refractivity contribution in [2.45, 2.75) is 19.8 Å². The standard InChI is InChI=1S/C14H17NO/c1-3-10-15(11-4-2)14(16)12-13-8-6-5-7-9-13/h1,5-9H,4,10-12H2,2H3. The molecule has 0 atom stereocenters. The van der Waals surface area contributed by atoms with Crippen LogP contribution in [0.2, 0.25) is 0 Å². The Morgan fingerprint density at radius 2 is 2.06 bits per heavy atom. The Morgan fingerprint density at radius 3 is 2.62 bits per heavy atom. The Hall–Kier alpha value is -1.75. The number of carbonyl (C=O) groups is 1. The fraction of sp³-hybridized carbons (Fsp3) is 0.357. The van der Waals surface area contributed by atoms with E-state index in [-0.39, 0.29) is 5.91 Å². The van der Waals surface area contributed by atoms with Crippen molar-refractivity contribution in [1.29, 1.82) is 0 Å². The van der Waals surface area contributed by atoms with E-state index in [1.165, 1.54) is 0 Å². The number of amides is 1. The van der Waals surface area contributed by atoms with Gasteiger partial charge in [0.2, 0.25) is 5.91 Å². The highest BCUT2D eigenvalue weighted by Gasteiger charge is 2.11. The maximum atomic E-state index is 11.9. The number of terminal acetylenes is 1. The Kier molecular flexibility index (Phi) is 5.15. The van der Waals surface area contributed by atoms with Crippen molar-refractivity contribution in [3.05, 3.63) is 35.9 Å². The van der Waals surface area contributed by atoms with Gasteiger partial charge in [-0.25, -0.2) is 0 Å². The van der Waals surface area contributed by atoms with E-state index in [1.54, 1.807) is 4.90 Å². The minimum Gasteiger partial charge on any atom is -0.331 e. The van der Waals surface area contributed by atoms with E-state index < -0.39 is 0 Å². The summed E-state index contributed by atoms with van der Waals surface area (Å²) in [7, 11) is 0. The molecule has 0 aromatic heterocycles. The summed E-state index contributed by atoms with van der Waals surface area (Å²) in [6.45, 7) is 3.18. The molecule has 0 saturated carbocycles. The zero-order valence-electron chi connectivity index (χ0n) is 9.65. The lowest BCUT2D eigenvalue weighted by atomic mass is 10.1. The highest BCUT2D eigenvalue weighted by Crippen LogP contribution is 2.03. The maximum absolute atomic E-state index is 11.9. The molecule has 16 heavy (non-hydrogen) atoms. The lowest BCUT2D eigenvalue weighted by Gasteiger charge is -2.19. The van der Waals surface area contributed by atoms with Crippen molar-refractivity contribution < 1.29 is 4.79 Å². The number of nitrogens with zero attached hydrogens (tertiary/aromatic N) is 1. The van der Waals surface area contributed by atoms with Gasteiger partial charge in [0, 0.05) is 6.54 Å². The van der Waals surface area contributed by atoms with E-state index in [4.69, 9.17) is 6.42 Å². The second-order valence-electron chi connectivity index (χ2n) is 3.68. The molecule has 0 unspecified atom stereocenters. The Morgan fingerprint density at radius 1 is 1.38 bits per heavy atom. The van der Waals surface area contributed by atoms with Gasteiger partial charge in [-0.2, -0.15) is 0 Å². The van der Waals surface area contributed by atoms with E-state index >= 15 is 0 Å². The summed E-state index contributed by atoms with van der Waals surface area (Å²) >= 11 is 0. The van der Waals surface area contributed by atoms with Crippen LogP contribution in [0.1, 0.15) is 18.9 Å². The number of hydrogen-bond donors (Lipinski definition) is 0.